The van der Waals surface area contributed by atoms with Gasteiger partial charge in [-0.25, -0.2) is 14.2 Å². The number of hydrogen-bond donors (Lipinski definition) is 2. The smallest absolute Gasteiger partial charge is 0.338 e. The minimum absolute atomic E-state index is 0.0753. The summed E-state index contributed by atoms with van der Waals surface area (Å²) in [6, 6.07) is 11.0. The molecule has 230 valence electrons. The van der Waals surface area contributed by atoms with Gasteiger partial charge < -0.3 is 15.2 Å². The van der Waals surface area contributed by atoms with Crippen molar-refractivity contribution < 1.29 is 28.7 Å². The molecule has 3 aliphatic rings. The van der Waals surface area contributed by atoms with Gasteiger partial charge in [-0.05, 0) is 68.0 Å². The van der Waals surface area contributed by atoms with Crippen LogP contribution >= 0.6 is 23.2 Å². The number of halogens is 3. The molecule has 44 heavy (non-hydrogen) atoms. The summed E-state index contributed by atoms with van der Waals surface area (Å²) in [7, 11) is 0. The van der Waals surface area contributed by atoms with E-state index in [0.717, 1.165) is 12.8 Å². The number of aromatic nitrogens is 1. The van der Waals surface area contributed by atoms with Crippen molar-refractivity contribution >= 4 is 40.9 Å². The number of hydrogen-bond acceptors (Lipinski definition) is 8. The number of nitrogens with zero attached hydrogens (tertiary/aromatic N) is 3. The monoisotopic (exact) mass is 642 g/mol. The summed E-state index contributed by atoms with van der Waals surface area (Å²) < 4.78 is 20.9. The van der Waals surface area contributed by atoms with E-state index in [9.17, 15) is 24.8 Å². The lowest BCUT2D eigenvalue weighted by molar-refractivity contribution is -0.528. The van der Waals surface area contributed by atoms with Gasteiger partial charge in [0.25, 0.3) is 5.91 Å². The van der Waals surface area contributed by atoms with Crippen LogP contribution in [0.5, 0.6) is 0 Å². The first-order chi connectivity index (χ1) is 21.1. The zero-order valence-corrected chi connectivity index (χ0v) is 25.1. The first-order valence-electron chi connectivity index (χ1n) is 14.4. The third kappa shape index (κ3) is 5.01. The van der Waals surface area contributed by atoms with E-state index in [1.54, 1.807) is 30.0 Å². The Balaban J connectivity index is 1.51. The summed E-state index contributed by atoms with van der Waals surface area (Å²) in [6.07, 6.45) is 0.363. The lowest BCUT2D eigenvalue weighted by Crippen LogP contribution is -2.53. The van der Waals surface area contributed by atoms with Crippen LogP contribution in [0.4, 0.5) is 10.2 Å². The number of nitrogens with one attached hydrogen (secondary N) is 1. The molecule has 5 atom stereocenters. The van der Waals surface area contributed by atoms with Crippen molar-refractivity contribution in [3.63, 3.8) is 0 Å². The van der Waals surface area contributed by atoms with Gasteiger partial charge in [-0.1, -0.05) is 47.5 Å². The van der Waals surface area contributed by atoms with Gasteiger partial charge >= 0.3 is 5.97 Å². The predicted molar refractivity (Wildman–Crippen MR) is 160 cm³/mol. The second kappa shape index (κ2) is 11.7. The van der Waals surface area contributed by atoms with Crippen molar-refractivity contribution in [1.29, 1.82) is 0 Å². The molecular formula is C31H29Cl2FN4O6. The summed E-state index contributed by atoms with van der Waals surface area (Å²) in [4.78, 5) is 45.0. The lowest BCUT2D eigenvalue weighted by Gasteiger charge is -2.39. The van der Waals surface area contributed by atoms with E-state index in [1.165, 1.54) is 36.4 Å². The van der Waals surface area contributed by atoms with Crippen LogP contribution in [0.15, 0.2) is 54.6 Å². The van der Waals surface area contributed by atoms with Gasteiger partial charge in [-0.15, -0.1) is 0 Å². The van der Waals surface area contributed by atoms with Crippen LogP contribution in [-0.4, -0.2) is 57.0 Å². The Bertz CT molecular complexity index is 1640. The topological polar surface area (TPSA) is 135 Å². The fourth-order valence-electron chi connectivity index (χ4n) is 6.83. The number of aliphatic hydroxyl groups excluding tert-OH is 1. The van der Waals surface area contributed by atoms with Crippen molar-refractivity contribution in [2.45, 2.75) is 55.8 Å². The average Bonchev–Trinajstić information content (AvgIpc) is 3.71. The Labute approximate surface area is 262 Å². The maximum Gasteiger partial charge on any atom is 0.338 e. The number of anilines is 1. The number of ether oxygens (including phenoxy) is 1. The van der Waals surface area contributed by atoms with E-state index in [1.807, 2.05) is 0 Å². The minimum atomic E-state index is -1.74. The molecule has 2 aliphatic heterocycles. The second-order valence-corrected chi connectivity index (χ2v) is 12.2. The van der Waals surface area contributed by atoms with Crippen LogP contribution in [0.1, 0.15) is 65.3 Å². The number of amides is 1. The third-order valence-electron chi connectivity index (χ3n) is 8.87. The number of likely N-dealkylation sites (tertiary alicyclic amines) is 1. The van der Waals surface area contributed by atoms with Crippen LogP contribution in [0.25, 0.3) is 0 Å². The number of pyridine rings is 1. The number of benzene rings is 2. The molecule has 6 rings (SSSR count). The van der Waals surface area contributed by atoms with Crippen LogP contribution in [-0.2, 0) is 15.1 Å². The van der Waals surface area contributed by atoms with Gasteiger partial charge in [0.15, 0.2) is 0 Å². The maximum atomic E-state index is 15.9. The summed E-state index contributed by atoms with van der Waals surface area (Å²) in [5.74, 6) is -2.98. The first kappa shape index (κ1) is 30.4. The molecule has 1 amide bonds. The van der Waals surface area contributed by atoms with Gasteiger partial charge in [0.2, 0.25) is 6.04 Å². The number of fused-ring (bicyclic) bond motifs is 2. The molecule has 1 aliphatic carbocycles. The van der Waals surface area contributed by atoms with Gasteiger partial charge in [-0.3, -0.25) is 19.8 Å². The largest absolute Gasteiger partial charge is 0.462 e. The molecule has 0 unspecified atom stereocenters. The molecule has 2 aromatic carbocycles. The number of rotatable bonds is 9. The highest BCUT2D eigenvalue weighted by Gasteiger charge is 2.72. The molecular weight excluding hydrogens is 614 g/mol. The Kier molecular flexibility index (Phi) is 8.08. The normalized spacial score (nSPS) is 25.1. The van der Waals surface area contributed by atoms with Crippen LogP contribution in [0, 0.1) is 21.8 Å². The molecule has 13 heteroatoms. The van der Waals surface area contributed by atoms with Gasteiger partial charge in [-0.2, -0.15) is 0 Å². The van der Waals surface area contributed by atoms with Gasteiger partial charge in [0.05, 0.1) is 35.3 Å². The molecule has 1 saturated carbocycles. The molecule has 1 spiro atoms. The van der Waals surface area contributed by atoms with Crippen molar-refractivity contribution in [3.8, 4) is 0 Å². The fourth-order valence-corrected chi connectivity index (χ4v) is 7.16. The Hall–Kier alpha value is -3.64. The van der Waals surface area contributed by atoms with E-state index >= 15 is 4.39 Å². The van der Waals surface area contributed by atoms with E-state index in [4.69, 9.17) is 27.9 Å². The van der Waals surface area contributed by atoms with Crippen LogP contribution in [0.2, 0.25) is 10.2 Å². The number of aliphatic hydroxyl groups is 1. The third-order valence-corrected chi connectivity index (χ3v) is 9.37. The maximum absolute atomic E-state index is 15.9. The average molecular weight is 643 g/mol. The summed E-state index contributed by atoms with van der Waals surface area (Å²) >= 11 is 12.4. The molecule has 10 nitrogen and oxygen atoms in total. The number of nitro groups is 1. The van der Waals surface area contributed by atoms with Gasteiger partial charge in [0, 0.05) is 22.6 Å². The predicted octanol–water partition coefficient (Wildman–Crippen LogP) is 5.50. The highest BCUT2D eigenvalue weighted by Crippen LogP contribution is 2.59. The summed E-state index contributed by atoms with van der Waals surface area (Å²) in [5, 5.41) is 27.2. The number of carbonyl (C=O) groups excluding carboxylic acids is 2. The standard InChI is InChI=1S/C31H29Cl2FN4O6/c1-2-44-29(40)18-10-8-17(9-11-18)23(39)14-22-27(38(42)43)25(19-4-3-5-21(32)26(19)34)31(37(22)15-16-6-7-16)20-12-13-24(33)35-28(20)36-30(31)41/h3-5,8-13,16,22-23,25,27,39H,2,6-7,14-15H2,1H3,(H,35,36,41)/t22-,23-,25-,27+,31+/m0/s1. The van der Waals surface area contributed by atoms with Crippen molar-refractivity contribution in [2.75, 3.05) is 18.5 Å². The van der Waals surface area contributed by atoms with Crippen LogP contribution in [0.3, 0.4) is 0 Å². The molecule has 3 aromatic rings. The van der Waals surface area contributed by atoms with Crippen molar-refractivity contribution in [3.05, 3.63) is 103 Å². The molecule has 1 saturated heterocycles. The molecule has 2 N–H and O–H groups in total. The van der Waals surface area contributed by atoms with E-state index < -0.39 is 52.3 Å². The molecule has 0 radical (unpaired) electrons. The fraction of sp³-hybridized carbons (Fsp3) is 0.387. The zero-order chi connectivity index (χ0) is 31.3. The Morgan fingerprint density at radius 3 is 2.61 bits per heavy atom. The van der Waals surface area contributed by atoms with E-state index in [-0.39, 0.29) is 40.5 Å². The van der Waals surface area contributed by atoms with E-state index in [0.29, 0.717) is 23.2 Å². The molecule has 3 heterocycles. The molecule has 1 aromatic heterocycles. The SMILES string of the molecule is CCOC(=O)c1ccc([C@@H](O)C[C@H]2[C@@H]([N+](=O)[O-])[C@H](c3cccc(Cl)c3F)[C@]3(C(=O)Nc4nc(Cl)ccc43)N2CC2CC2)cc1. The highest BCUT2D eigenvalue weighted by molar-refractivity contribution is 6.31. The van der Waals surface area contributed by atoms with E-state index in [2.05, 4.69) is 10.3 Å². The molecule has 0 bridgehead atoms. The molecule has 2 fully saturated rings. The Morgan fingerprint density at radius 1 is 1.23 bits per heavy atom. The first-order valence-corrected chi connectivity index (χ1v) is 15.1. The lowest BCUT2D eigenvalue weighted by atomic mass is 9.73. The minimum Gasteiger partial charge on any atom is -0.462 e. The van der Waals surface area contributed by atoms with Gasteiger partial charge in [0.1, 0.15) is 22.3 Å². The quantitative estimate of drug-likeness (QED) is 0.135. The number of esters is 1. The Morgan fingerprint density at radius 2 is 1.95 bits per heavy atom. The zero-order valence-electron chi connectivity index (χ0n) is 23.6. The highest BCUT2D eigenvalue weighted by atomic mass is 35.5. The summed E-state index contributed by atoms with van der Waals surface area (Å²) in [5.41, 5.74) is -0.754. The second-order valence-electron chi connectivity index (χ2n) is 11.4. The van der Waals surface area contributed by atoms with Crippen molar-refractivity contribution in [1.82, 2.24) is 9.88 Å². The van der Waals surface area contributed by atoms with Crippen molar-refractivity contribution in [2.24, 2.45) is 5.92 Å². The number of carbonyl (C=O) groups is 2. The van der Waals surface area contributed by atoms with Crippen LogP contribution < -0.4 is 5.32 Å². The summed E-state index contributed by atoms with van der Waals surface area (Å²) in [6.45, 7) is 2.20.